The Balaban J connectivity index is 1.90. The van der Waals surface area contributed by atoms with Crippen molar-refractivity contribution in [1.29, 1.82) is 0 Å². The first-order valence-corrected chi connectivity index (χ1v) is 6.80. The molecule has 1 amide bonds. The highest BCUT2D eigenvalue weighted by molar-refractivity contribution is 5.86. The largest absolute Gasteiger partial charge is 0.354 e. The molecule has 6 nitrogen and oxygen atoms in total. The molecular weight excluding hydrogens is 254 g/mol. The monoisotopic (exact) mass is 275 g/mol. The van der Waals surface area contributed by atoms with Gasteiger partial charge >= 0.3 is 0 Å². The lowest BCUT2D eigenvalue weighted by Crippen LogP contribution is -2.43. The summed E-state index contributed by atoms with van der Waals surface area (Å²) >= 11 is 0. The summed E-state index contributed by atoms with van der Waals surface area (Å²) in [7, 11) is 3.48. The van der Waals surface area contributed by atoms with Gasteiger partial charge in [-0.05, 0) is 25.0 Å². The fourth-order valence-electron chi connectivity index (χ4n) is 1.54. The number of likely N-dealkylation sites (N-methyl/N-ethyl adjacent to an activating group) is 1. The predicted octanol–water partition coefficient (Wildman–Crippen LogP) is 0.367. The standard InChI is InChI=1S/C14H21N5O/c1-19(2)13(20)10-17-14(18-11-6-7-11)16-9-12-5-3-4-8-15-12/h3-5,8,11H,6-7,9-10H2,1-2H3,(H2,16,17,18). The normalized spacial score (nSPS) is 14.8. The summed E-state index contributed by atoms with van der Waals surface area (Å²) in [6.45, 7) is 0.743. The number of aliphatic imine (C=N–C) groups is 1. The van der Waals surface area contributed by atoms with Crippen LogP contribution in [0.1, 0.15) is 18.5 Å². The number of carbonyl (C=O) groups excluding carboxylic acids is 1. The van der Waals surface area contributed by atoms with Gasteiger partial charge in [0.15, 0.2) is 5.96 Å². The molecule has 0 spiro atoms. The molecule has 0 aromatic carbocycles. The summed E-state index contributed by atoms with van der Waals surface area (Å²) < 4.78 is 0. The van der Waals surface area contributed by atoms with Crippen LogP contribution in [0, 0.1) is 0 Å². The number of pyridine rings is 1. The second kappa shape index (κ2) is 6.88. The minimum Gasteiger partial charge on any atom is -0.354 e. The molecule has 0 saturated heterocycles. The lowest BCUT2D eigenvalue weighted by molar-refractivity contribution is -0.127. The van der Waals surface area contributed by atoms with E-state index in [1.54, 1.807) is 25.2 Å². The Morgan fingerprint density at radius 1 is 1.45 bits per heavy atom. The summed E-state index contributed by atoms with van der Waals surface area (Å²) in [5, 5.41) is 6.36. The second-order valence-electron chi connectivity index (χ2n) is 5.05. The number of nitrogens with one attached hydrogen (secondary N) is 2. The van der Waals surface area contributed by atoms with Gasteiger partial charge in [0.1, 0.15) is 0 Å². The van der Waals surface area contributed by atoms with Crippen molar-refractivity contribution in [3.05, 3.63) is 30.1 Å². The van der Waals surface area contributed by atoms with E-state index in [-0.39, 0.29) is 12.5 Å². The quantitative estimate of drug-likeness (QED) is 0.601. The molecule has 1 aliphatic rings. The maximum absolute atomic E-state index is 11.6. The lowest BCUT2D eigenvalue weighted by atomic mass is 10.3. The first-order chi connectivity index (χ1) is 9.65. The Bertz CT molecular complexity index is 468. The SMILES string of the molecule is CN(C)C(=O)CNC(=NCc1ccccn1)NC1CC1. The van der Waals surface area contributed by atoms with Gasteiger partial charge in [-0.3, -0.25) is 9.78 Å². The second-order valence-corrected chi connectivity index (χ2v) is 5.05. The Morgan fingerprint density at radius 2 is 2.25 bits per heavy atom. The molecule has 6 heteroatoms. The molecule has 1 saturated carbocycles. The van der Waals surface area contributed by atoms with E-state index < -0.39 is 0 Å². The van der Waals surface area contributed by atoms with Crippen LogP contribution in [0.25, 0.3) is 0 Å². The number of guanidine groups is 1. The van der Waals surface area contributed by atoms with E-state index in [2.05, 4.69) is 20.6 Å². The van der Waals surface area contributed by atoms with Crippen molar-refractivity contribution in [3.63, 3.8) is 0 Å². The molecule has 0 bridgehead atoms. The van der Waals surface area contributed by atoms with Crippen molar-refractivity contribution in [2.24, 2.45) is 4.99 Å². The molecule has 1 fully saturated rings. The van der Waals surface area contributed by atoms with Gasteiger partial charge in [0.2, 0.25) is 5.91 Å². The van der Waals surface area contributed by atoms with Crippen LogP contribution in [0.5, 0.6) is 0 Å². The zero-order valence-corrected chi connectivity index (χ0v) is 12.0. The molecule has 1 aromatic rings. The fraction of sp³-hybridized carbons (Fsp3) is 0.500. The molecule has 1 aromatic heterocycles. The smallest absolute Gasteiger partial charge is 0.241 e. The third-order valence-corrected chi connectivity index (χ3v) is 2.95. The molecule has 0 unspecified atom stereocenters. The zero-order chi connectivity index (χ0) is 14.4. The van der Waals surface area contributed by atoms with Gasteiger partial charge in [0.25, 0.3) is 0 Å². The highest BCUT2D eigenvalue weighted by atomic mass is 16.2. The van der Waals surface area contributed by atoms with E-state index in [0.29, 0.717) is 18.5 Å². The maximum Gasteiger partial charge on any atom is 0.241 e. The fourth-order valence-corrected chi connectivity index (χ4v) is 1.54. The van der Waals surface area contributed by atoms with Crippen molar-refractivity contribution >= 4 is 11.9 Å². The third kappa shape index (κ3) is 4.87. The maximum atomic E-state index is 11.6. The van der Waals surface area contributed by atoms with Gasteiger partial charge in [0.05, 0.1) is 18.8 Å². The minimum absolute atomic E-state index is 0.0214. The van der Waals surface area contributed by atoms with Crippen LogP contribution < -0.4 is 10.6 Å². The van der Waals surface area contributed by atoms with Crippen LogP contribution in [0.4, 0.5) is 0 Å². The van der Waals surface area contributed by atoms with Crippen LogP contribution in [-0.4, -0.2) is 48.4 Å². The predicted molar refractivity (Wildman–Crippen MR) is 78.2 cm³/mol. The van der Waals surface area contributed by atoms with Crippen LogP contribution in [0.15, 0.2) is 29.4 Å². The van der Waals surface area contributed by atoms with E-state index in [1.165, 1.54) is 0 Å². The Hall–Kier alpha value is -2.11. The molecule has 20 heavy (non-hydrogen) atoms. The average molecular weight is 275 g/mol. The Morgan fingerprint density at radius 3 is 2.85 bits per heavy atom. The first kappa shape index (κ1) is 14.3. The van der Waals surface area contributed by atoms with Gasteiger partial charge in [-0.2, -0.15) is 0 Å². The molecule has 1 heterocycles. The molecule has 0 atom stereocenters. The number of nitrogens with zero attached hydrogens (tertiary/aromatic N) is 3. The number of hydrogen-bond donors (Lipinski definition) is 2. The van der Waals surface area contributed by atoms with Crippen LogP contribution in [-0.2, 0) is 11.3 Å². The zero-order valence-electron chi connectivity index (χ0n) is 12.0. The highest BCUT2D eigenvalue weighted by Crippen LogP contribution is 2.18. The van der Waals surface area contributed by atoms with Gasteiger partial charge in [-0.15, -0.1) is 0 Å². The summed E-state index contributed by atoms with van der Waals surface area (Å²) in [6, 6.07) is 6.24. The molecule has 0 aliphatic heterocycles. The Kier molecular flexibility index (Phi) is 4.92. The van der Waals surface area contributed by atoms with Crippen molar-refractivity contribution in [2.75, 3.05) is 20.6 Å². The van der Waals surface area contributed by atoms with Crippen molar-refractivity contribution in [3.8, 4) is 0 Å². The number of carbonyl (C=O) groups is 1. The van der Waals surface area contributed by atoms with Gasteiger partial charge in [-0.1, -0.05) is 6.07 Å². The van der Waals surface area contributed by atoms with E-state index in [0.717, 1.165) is 18.5 Å². The van der Waals surface area contributed by atoms with E-state index in [4.69, 9.17) is 0 Å². The summed E-state index contributed by atoms with van der Waals surface area (Å²) in [5.41, 5.74) is 0.906. The van der Waals surface area contributed by atoms with E-state index in [1.807, 2.05) is 18.2 Å². The van der Waals surface area contributed by atoms with Gasteiger partial charge in [0, 0.05) is 26.3 Å². The first-order valence-electron chi connectivity index (χ1n) is 6.80. The van der Waals surface area contributed by atoms with Crippen molar-refractivity contribution in [2.45, 2.75) is 25.4 Å². The number of hydrogen-bond acceptors (Lipinski definition) is 3. The summed E-state index contributed by atoms with van der Waals surface area (Å²) in [4.78, 5) is 21.8. The molecule has 108 valence electrons. The topological polar surface area (TPSA) is 69.6 Å². The average Bonchev–Trinajstić information content (AvgIpc) is 3.26. The van der Waals surface area contributed by atoms with Gasteiger partial charge in [-0.25, -0.2) is 4.99 Å². The van der Waals surface area contributed by atoms with Crippen LogP contribution in [0.3, 0.4) is 0 Å². The minimum atomic E-state index is 0.0214. The number of rotatable bonds is 5. The molecule has 0 radical (unpaired) electrons. The highest BCUT2D eigenvalue weighted by Gasteiger charge is 2.22. The van der Waals surface area contributed by atoms with Crippen LogP contribution in [0.2, 0.25) is 0 Å². The summed E-state index contributed by atoms with van der Waals surface area (Å²) in [5.74, 6) is 0.696. The van der Waals surface area contributed by atoms with Crippen molar-refractivity contribution in [1.82, 2.24) is 20.5 Å². The number of amides is 1. The lowest BCUT2D eigenvalue weighted by Gasteiger charge is -2.14. The Labute approximate surface area is 119 Å². The molecule has 2 rings (SSSR count). The van der Waals surface area contributed by atoms with E-state index >= 15 is 0 Å². The molecule has 2 N–H and O–H groups in total. The number of aromatic nitrogens is 1. The molecule has 1 aliphatic carbocycles. The van der Waals surface area contributed by atoms with Gasteiger partial charge < -0.3 is 15.5 Å². The van der Waals surface area contributed by atoms with Crippen molar-refractivity contribution < 1.29 is 4.79 Å². The molecular formula is C14H21N5O. The van der Waals surface area contributed by atoms with E-state index in [9.17, 15) is 4.79 Å². The summed E-state index contributed by atoms with van der Waals surface area (Å²) in [6.07, 6.45) is 4.07. The van der Waals surface area contributed by atoms with Crippen LogP contribution >= 0.6 is 0 Å². The third-order valence-electron chi connectivity index (χ3n) is 2.95.